The van der Waals surface area contributed by atoms with E-state index in [0.717, 1.165) is 23.7 Å². The summed E-state index contributed by atoms with van der Waals surface area (Å²) < 4.78 is 10.9. The number of morpholine rings is 1. The minimum absolute atomic E-state index is 0.0893. The van der Waals surface area contributed by atoms with Crippen LogP contribution in [0.2, 0.25) is 10.0 Å². The molecule has 2 saturated heterocycles. The minimum atomic E-state index is -0.494. The van der Waals surface area contributed by atoms with E-state index in [4.69, 9.17) is 32.7 Å². The van der Waals surface area contributed by atoms with Gasteiger partial charge in [0.1, 0.15) is 11.4 Å². The van der Waals surface area contributed by atoms with Crippen LogP contribution < -0.4 is 15.0 Å². The fourth-order valence-electron chi connectivity index (χ4n) is 3.53. The standard InChI is InChI=1S/C22H21Cl2N3O4/c1-30-20-12-16(26-6-8-31-9-7-26)4-3-15(20)11-19-21(28)27(22(29)25-19)13-14-2-5-17(23)18(24)10-14/h2-5,10-12H,6-9,13H2,1H3,(H,25,29)/b19-11-. The largest absolute Gasteiger partial charge is 0.496 e. The van der Waals surface area contributed by atoms with Crippen LogP contribution in [0.1, 0.15) is 11.1 Å². The lowest BCUT2D eigenvalue weighted by Crippen LogP contribution is -2.36. The Hall–Kier alpha value is -2.74. The third-order valence-electron chi connectivity index (χ3n) is 5.18. The molecule has 0 aromatic heterocycles. The summed E-state index contributed by atoms with van der Waals surface area (Å²) in [5.74, 6) is 0.192. The lowest BCUT2D eigenvalue weighted by Gasteiger charge is -2.29. The molecule has 0 radical (unpaired) electrons. The summed E-state index contributed by atoms with van der Waals surface area (Å²) in [6, 6.07) is 10.3. The third-order valence-corrected chi connectivity index (χ3v) is 5.92. The van der Waals surface area contributed by atoms with Crippen LogP contribution in [-0.4, -0.2) is 50.3 Å². The van der Waals surface area contributed by atoms with Crippen LogP contribution in [0.25, 0.3) is 6.08 Å². The molecule has 0 bridgehead atoms. The van der Waals surface area contributed by atoms with Gasteiger partial charge < -0.3 is 19.7 Å². The molecule has 0 aliphatic carbocycles. The van der Waals surface area contributed by atoms with Crippen molar-refractivity contribution in [3.05, 3.63) is 63.3 Å². The number of anilines is 1. The Morgan fingerprint density at radius 2 is 1.87 bits per heavy atom. The van der Waals surface area contributed by atoms with E-state index in [0.29, 0.717) is 40.1 Å². The Kier molecular flexibility index (Phi) is 6.36. The van der Waals surface area contributed by atoms with Gasteiger partial charge in [-0.3, -0.25) is 9.69 Å². The van der Waals surface area contributed by atoms with Gasteiger partial charge >= 0.3 is 6.03 Å². The summed E-state index contributed by atoms with van der Waals surface area (Å²) in [5.41, 5.74) is 2.60. The lowest BCUT2D eigenvalue weighted by atomic mass is 10.1. The van der Waals surface area contributed by atoms with Gasteiger partial charge in [-0.2, -0.15) is 0 Å². The third kappa shape index (κ3) is 4.63. The Labute approximate surface area is 190 Å². The van der Waals surface area contributed by atoms with Crippen molar-refractivity contribution in [2.45, 2.75) is 6.54 Å². The van der Waals surface area contributed by atoms with E-state index in [-0.39, 0.29) is 12.2 Å². The normalized spacial score (nSPS) is 18.0. The van der Waals surface area contributed by atoms with Crippen molar-refractivity contribution in [3.8, 4) is 5.75 Å². The quantitative estimate of drug-likeness (QED) is 0.539. The highest BCUT2D eigenvalue weighted by atomic mass is 35.5. The predicted octanol–water partition coefficient (Wildman–Crippen LogP) is 3.93. The number of halogens is 2. The van der Waals surface area contributed by atoms with Crippen molar-refractivity contribution in [2.24, 2.45) is 0 Å². The molecule has 7 nitrogen and oxygen atoms in total. The van der Waals surface area contributed by atoms with E-state index in [1.807, 2.05) is 18.2 Å². The van der Waals surface area contributed by atoms with E-state index >= 15 is 0 Å². The molecule has 4 rings (SSSR count). The number of carbonyl (C=O) groups is 2. The molecular weight excluding hydrogens is 441 g/mol. The van der Waals surface area contributed by atoms with Crippen LogP contribution in [0.3, 0.4) is 0 Å². The molecule has 2 aromatic rings. The zero-order chi connectivity index (χ0) is 22.0. The van der Waals surface area contributed by atoms with Gasteiger partial charge in [0.2, 0.25) is 0 Å². The molecule has 0 saturated carbocycles. The number of rotatable bonds is 5. The molecule has 0 atom stereocenters. The number of carbonyl (C=O) groups excluding carboxylic acids is 2. The summed E-state index contributed by atoms with van der Waals surface area (Å²) in [6.45, 7) is 3.07. The number of nitrogens with zero attached hydrogens (tertiary/aromatic N) is 2. The molecule has 2 aliphatic rings. The molecule has 2 aromatic carbocycles. The Morgan fingerprint density at radius 1 is 1.10 bits per heavy atom. The molecule has 3 amide bonds. The number of methoxy groups -OCH3 is 1. The monoisotopic (exact) mass is 461 g/mol. The van der Waals surface area contributed by atoms with Gasteiger partial charge in [0, 0.05) is 30.4 Å². The summed E-state index contributed by atoms with van der Waals surface area (Å²) in [5, 5.41) is 3.42. The molecule has 162 valence electrons. The molecule has 0 unspecified atom stereocenters. The second kappa shape index (κ2) is 9.18. The number of hydrogen-bond donors (Lipinski definition) is 1. The van der Waals surface area contributed by atoms with Crippen LogP contribution in [-0.2, 0) is 16.1 Å². The van der Waals surface area contributed by atoms with E-state index < -0.39 is 11.9 Å². The molecule has 2 heterocycles. The summed E-state index contributed by atoms with van der Waals surface area (Å²) in [4.78, 5) is 28.6. The van der Waals surface area contributed by atoms with Crippen molar-refractivity contribution >= 4 is 46.9 Å². The smallest absolute Gasteiger partial charge is 0.329 e. The first-order valence-corrected chi connectivity index (χ1v) is 10.5. The molecule has 1 N–H and O–H groups in total. The average Bonchev–Trinajstić information content (AvgIpc) is 3.04. The number of nitrogens with one attached hydrogen (secondary N) is 1. The summed E-state index contributed by atoms with van der Waals surface area (Å²) in [7, 11) is 1.58. The predicted molar refractivity (Wildman–Crippen MR) is 120 cm³/mol. The highest BCUT2D eigenvalue weighted by Gasteiger charge is 2.33. The van der Waals surface area contributed by atoms with Gasteiger partial charge in [0.25, 0.3) is 5.91 Å². The molecular formula is C22H21Cl2N3O4. The van der Waals surface area contributed by atoms with Crippen molar-refractivity contribution in [2.75, 3.05) is 38.3 Å². The van der Waals surface area contributed by atoms with Crippen molar-refractivity contribution in [1.29, 1.82) is 0 Å². The number of amides is 3. The van der Waals surface area contributed by atoms with Crippen molar-refractivity contribution < 1.29 is 19.1 Å². The van der Waals surface area contributed by atoms with E-state index in [1.54, 1.807) is 31.4 Å². The maximum absolute atomic E-state index is 12.8. The van der Waals surface area contributed by atoms with E-state index in [9.17, 15) is 9.59 Å². The number of ether oxygens (including phenoxy) is 2. The maximum Gasteiger partial charge on any atom is 0.329 e. The summed E-state index contributed by atoms with van der Waals surface area (Å²) >= 11 is 12.0. The lowest BCUT2D eigenvalue weighted by molar-refractivity contribution is -0.123. The summed E-state index contributed by atoms with van der Waals surface area (Å²) in [6.07, 6.45) is 1.62. The highest BCUT2D eigenvalue weighted by Crippen LogP contribution is 2.29. The van der Waals surface area contributed by atoms with Gasteiger partial charge in [0.05, 0.1) is 36.9 Å². The molecule has 9 heteroatoms. The maximum atomic E-state index is 12.8. The zero-order valence-electron chi connectivity index (χ0n) is 16.9. The first kappa shape index (κ1) is 21.5. The molecule has 31 heavy (non-hydrogen) atoms. The van der Waals surface area contributed by atoms with Crippen LogP contribution >= 0.6 is 23.2 Å². The van der Waals surface area contributed by atoms with Gasteiger partial charge in [-0.05, 0) is 35.9 Å². The SMILES string of the molecule is COc1cc(N2CCOCC2)ccc1/C=C1\NC(=O)N(Cc2ccc(Cl)c(Cl)c2)C1=O. The Balaban J connectivity index is 1.55. The zero-order valence-corrected chi connectivity index (χ0v) is 18.4. The van der Waals surface area contributed by atoms with Gasteiger partial charge in [-0.15, -0.1) is 0 Å². The number of benzene rings is 2. The van der Waals surface area contributed by atoms with Gasteiger partial charge in [-0.1, -0.05) is 29.3 Å². The first-order valence-electron chi connectivity index (χ1n) is 9.75. The minimum Gasteiger partial charge on any atom is -0.496 e. The van der Waals surface area contributed by atoms with Crippen LogP contribution in [0.4, 0.5) is 10.5 Å². The average molecular weight is 462 g/mol. The van der Waals surface area contributed by atoms with E-state index in [2.05, 4.69) is 10.2 Å². The highest BCUT2D eigenvalue weighted by molar-refractivity contribution is 6.42. The fourth-order valence-corrected chi connectivity index (χ4v) is 3.85. The Morgan fingerprint density at radius 3 is 2.58 bits per heavy atom. The molecule has 0 spiro atoms. The first-order chi connectivity index (χ1) is 15.0. The molecule has 2 aliphatic heterocycles. The fraction of sp³-hybridized carbons (Fsp3) is 0.273. The second-order valence-electron chi connectivity index (χ2n) is 7.15. The van der Waals surface area contributed by atoms with E-state index in [1.165, 1.54) is 0 Å². The number of urea groups is 1. The Bertz CT molecular complexity index is 1050. The number of imide groups is 1. The van der Waals surface area contributed by atoms with Crippen LogP contribution in [0.15, 0.2) is 42.1 Å². The van der Waals surface area contributed by atoms with Crippen molar-refractivity contribution in [3.63, 3.8) is 0 Å². The number of hydrogen-bond acceptors (Lipinski definition) is 5. The van der Waals surface area contributed by atoms with Crippen LogP contribution in [0.5, 0.6) is 5.75 Å². The second-order valence-corrected chi connectivity index (χ2v) is 7.97. The van der Waals surface area contributed by atoms with Crippen LogP contribution in [0, 0.1) is 0 Å². The topological polar surface area (TPSA) is 71.1 Å². The van der Waals surface area contributed by atoms with Gasteiger partial charge in [-0.25, -0.2) is 4.79 Å². The molecule has 2 fully saturated rings. The van der Waals surface area contributed by atoms with Gasteiger partial charge in [0.15, 0.2) is 0 Å². The van der Waals surface area contributed by atoms with Crippen molar-refractivity contribution in [1.82, 2.24) is 10.2 Å².